The van der Waals surface area contributed by atoms with Gasteiger partial charge in [-0.2, -0.15) is 0 Å². The summed E-state index contributed by atoms with van der Waals surface area (Å²) in [5.41, 5.74) is 2.58. The topological polar surface area (TPSA) is 56.4 Å². The molecule has 0 amide bonds. The van der Waals surface area contributed by atoms with Crippen LogP contribution in [0.4, 0.5) is 0 Å². The Morgan fingerprint density at radius 1 is 1.00 bits per heavy atom. The van der Waals surface area contributed by atoms with E-state index in [2.05, 4.69) is 25.9 Å². The Balaban J connectivity index is 2.20. The van der Waals surface area contributed by atoms with Crippen LogP contribution in [-0.4, -0.2) is 31.3 Å². The van der Waals surface area contributed by atoms with E-state index in [1.807, 2.05) is 30.3 Å². The lowest BCUT2D eigenvalue weighted by molar-refractivity contribution is 0.356. The molecule has 1 N–H and O–H groups in total. The highest BCUT2D eigenvalue weighted by Gasteiger charge is 2.16. The van der Waals surface area contributed by atoms with E-state index < -0.39 is 0 Å². The lowest BCUT2D eigenvalue weighted by atomic mass is 10.1. The van der Waals surface area contributed by atoms with Crippen LogP contribution in [0.25, 0.3) is 22.4 Å². The van der Waals surface area contributed by atoms with Crippen molar-refractivity contribution in [1.29, 1.82) is 0 Å². The summed E-state index contributed by atoms with van der Waals surface area (Å²) >= 11 is 3.48. The lowest BCUT2D eigenvalue weighted by Crippen LogP contribution is -1.94. The van der Waals surface area contributed by atoms with Gasteiger partial charge in [-0.3, -0.25) is 0 Å². The number of methoxy groups -OCH3 is 3. The maximum absolute atomic E-state index is 5.49. The second kappa shape index (κ2) is 5.88. The molecule has 0 spiro atoms. The number of imidazole rings is 1. The van der Waals surface area contributed by atoms with E-state index in [-0.39, 0.29) is 0 Å². The van der Waals surface area contributed by atoms with E-state index in [0.717, 1.165) is 26.8 Å². The normalized spacial score (nSPS) is 10.7. The molecule has 22 heavy (non-hydrogen) atoms. The maximum atomic E-state index is 5.49. The number of hydrogen-bond acceptors (Lipinski definition) is 4. The SMILES string of the molecule is COc1ccc2nc(-c3cc(Br)cc(OC)c3OC)[nH]c2c1. The molecular weight excluding hydrogens is 348 g/mol. The fraction of sp³-hybridized carbons (Fsp3) is 0.188. The molecule has 0 aliphatic carbocycles. The molecule has 0 fully saturated rings. The molecule has 0 bridgehead atoms. The third-order valence-corrected chi connectivity index (χ3v) is 3.85. The maximum Gasteiger partial charge on any atom is 0.171 e. The smallest absolute Gasteiger partial charge is 0.171 e. The van der Waals surface area contributed by atoms with E-state index in [1.165, 1.54) is 0 Å². The minimum Gasteiger partial charge on any atom is -0.497 e. The number of halogens is 1. The number of rotatable bonds is 4. The van der Waals surface area contributed by atoms with Crippen molar-refractivity contribution in [2.45, 2.75) is 0 Å². The Bertz CT molecular complexity index is 830. The summed E-state index contributed by atoms with van der Waals surface area (Å²) in [5, 5.41) is 0. The van der Waals surface area contributed by atoms with Gasteiger partial charge in [0.15, 0.2) is 11.5 Å². The summed E-state index contributed by atoms with van der Waals surface area (Å²) in [7, 11) is 4.86. The highest BCUT2D eigenvalue weighted by Crippen LogP contribution is 2.40. The van der Waals surface area contributed by atoms with Gasteiger partial charge in [0.25, 0.3) is 0 Å². The van der Waals surface area contributed by atoms with E-state index in [9.17, 15) is 0 Å². The van der Waals surface area contributed by atoms with Gasteiger partial charge >= 0.3 is 0 Å². The molecule has 0 saturated heterocycles. The predicted octanol–water partition coefficient (Wildman–Crippen LogP) is 4.02. The van der Waals surface area contributed by atoms with Crippen LogP contribution in [0.3, 0.4) is 0 Å². The van der Waals surface area contributed by atoms with Crippen LogP contribution in [0.15, 0.2) is 34.8 Å². The molecule has 114 valence electrons. The molecule has 3 rings (SSSR count). The van der Waals surface area contributed by atoms with Crippen molar-refractivity contribution in [3.05, 3.63) is 34.8 Å². The van der Waals surface area contributed by atoms with Gasteiger partial charge in [0.1, 0.15) is 11.6 Å². The number of fused-ring (bicyclic) bond motifs is 1. The summed E-state index contributed by atoms with van der Waals surface area (Å²) in [6.07, 6.45) is 0. The largest absolute Gasteiger partial charge is 0.497 e. The summed E-state index contributed by atoms with van der Waals surface area (Å²) in [4.78, 5) is 7.91. The Morgan fingerprint density at radius 3 is 2.50 bits per heavy atom. The second-order valence-corrected chi connectivity index (χ2v) is 5.57. The van der Waals surface area contributed by atoms with Crippen LogP contribution >= 0.6 is 15.9 Å². The second-order valence-electron chi connectivity index (χ2n) is 4.66. The first-order valence-corrected chi connectivity index (χ1v) is 7.41. The standard InChI is InChI=1S/C16H15BrN2O3/c1-20-10-4-5-12-13(8-10)19-16(18-12)11-6-9(17)7-14(21-2)15(11)22-3/h4-8H,1-3H3,(H,18,19). The summed E-state index contributed by atoms with van der Waals surface area (Å²) in [6, 6.07) is 9.50. The lowest BCUT2D eigenvalue weighted by Gasteiger charge is -2.11. The van der Waals surface area contributed by atoms with Crippen molar-refractivity contribution in [1.82, 2.24) is 9.97 Å². The molecular formula is C16H15BrN2O3. The predicted molar refractivity (Wildman–Crippen MR) is 88.9 cm³/mol. The Hall–Kier alpha value is -2.21. The average Bonchev–Trinajstić information content (AvgIpc) is 2.96. The van der Waals surface area contributed by atoms with Gasteiger partial charge in [-0.15, -0.1) is 0 Å². The van der Waals surface area contributed by atoms with Gasteiger partial charge in [0, 0.05) is 10.5 Å². The first-order chi connectivity index (χ1) is 10.7. The van der Waals surface area contributed by atoms with Crippen LogP contribution in [0.5, 0.6) is 17.2 Å². The number of ether oxygens (including phenoxy) is 3. The monoisotopic (exact) mass is 362 g/mol. The minimum atomic E-state index is 0.636. The number of H-pyrrole nitrogens is 1. The summed E-state index contributed by atoms with van der Waals surface area (Å²) in [6.45, 7) is 0. The fourth-order valence-corrected chi connectivity index (χ4v) is 2.79. The van der Waals surface area contributed by atoms with Crippen molar-refractivity contribution in [2.24, 2.45) is 0 Å². The zero-order chi connectivity index (χ0) is 15.7. The molecule has 0 saturated carbocycles. The van der Waals surface area contributed by atoms with Gasteiger partial charge < -0.3 is 19.2 Å². The van der Waals surface area contributed by atoms with E-state index >= 15 is 0 Å². The molecule has 1 aromatic heterocycles. The van der Waals surface area contributed by atoms with Crippen molar-refractivity contribution in [2.75, 3.05) is 21.3 Å². The molecule has 0 aliphatic rings. The fourth-order valence-electron chi connectivity index (χ4n) is 2.35. The quantitative estimate of drug-likeness (QED) is 0.761. The molecule has 6 heteroatoms. The number of benzene rings is 2. The zero-order valence-corrected chi connectivity index (χ0v) is 14.0. The van der Waals surface area contributed by atoms with Gasteiger partial charge in [-0.1, -0.05) is 15.9 Å². The van der Waals surface area contributed by atoms with Gasteiger partial charge in [-0.05, 0) is 24.3 Å². The number of aromatic nitrogens is 2. The third kappa shape index (κ3) is 2.50. The molecule has 2 aromatic carbocycles. The number of nitrogens with one attached hydrogen (secondary N) is 1. The van der Waals surface area contributed by atoms with Crippen LogP contribution < -0.4 is 14.2 Å². The Labute approximate surface area is 136 Å². The third-order valence-electron chi connectivity index (χ3n) is 3.39. The molecule has 1 heterocycles. The first kappa shape index (κ1) is 14.7. The van der Waals surface area contributed by atoms with Crippen molar-refractivity contribution < 1.29 is 14.2 Å². The van der Waals surface area contributed by atoms with Crippen molar-refractivity contribution in [3.8, 4) is 28.6 Å². The Kier molecular flexibility index (Phi) is 3.94. The molecule has 5 nitrogen and oxygen atoms in total. The minimum absolute atomic E-state index is 0.636. The first-order valence-electron chi connectivity index (χ1n) is 6.62. The van der Waals surface area contributed by atoms with Gasteiger partial charge in [0.2, 0.25) is 0 Å². The van der Waals surface area contributed by atoms with Crippen LogP contribution in [0, 0.1) is 0 Å². The number of hydrogen-bond donors (Lipinski definition) is 1. The van der Waals surface area contributed by atoms with Crippen molar-refractivity contribution >= 4 is 27.0 Å². The van der Waals surface area contributed by atoms with E-state index in [1.54, 1.807) is 21.3 Å². The Morgan fingerprint density at radius 2 is 1.82 bits per heavy atom. The number of aromatic amines is 1. The molecule has 0 unspecified atom stereocenters. The highest BCUT2D eigenvalue weighted by molar-refractivity contribution is 9.10. The van der Waals surface area contributed by atoms with Crippen LogP contribution in [0.1, 0.15) is 0 Å². The van der Waals surface area contributed by atoms with Crippen LogP contribution in [-0.2, 0) is 0 Å². The molecule has 3 aromatic rings. The van der Waals surface area contributed by atoms with Crippen LogP contribution in [0.2, 0.25) is 0 Å². The summed E-state index contributed by atoms with van der Waals surface area (Å²) < 4.78 is 17.0. The zero-order valence-electron chi connectivity index (χ0n) is 12.4. The molecule has 0 atom stereocenters. The van der Waals surface area contributed by atoms with E-state index in [4.69, 9.17) is 14.2 Å². The molecule has 0 radical (unpaired) electrons. The van der Waals surface area contributed by atoms with E-state index in [0.29, 0.717) is 17.3 Å². The molecule has 0 aliphatic heterocycles. The number of nitrogens with zero attached hydrogens (tertiary/aromatic N) is 1. The van der Waals surface area contributed by atoms with Gasteiger partial charge in [-0.25, -0.2) is 4.98 Å². The summed E-state index contributed by atoms with van der Waals surface area (Å²) in [5.74, 6) is 2.77. The van der Waals surface area contributed by atoms with Gasteiger partial charge in [0.05, 0.1) is 37.9 Å². The highest BCUT2D eigenvalue weighted by atomic mass is 79.9. The average molecular weight is 363 g/mol. The van der Waals surface area contributed by atoms with Crippen molar-refractivity contribution in [3.63, 3.8) is 0 Å².